The molecule has 0 fully saturated rings. The molecule has 6 heteroatoms. The molecule has 322 valence electrons. The molecule has 0 bridgehead atoms. The maximum Gasteiger partial charge on any atom is 0.135 e. The zero-order chi connectivity index (χ0) is 43.6. The van der Waals surface area contributed by atoms with Gasteiger partial charge in [-0.2, -0.15) is 12.1 Å². The molecule has 2 aromatic heterocycles. The van der Waals surface area contributed by atoms with Crippen LogP contribution in [0.3, 0.4) is 0 Å². The Morgan fingerprint density at radius 3 is 1.78 bits per heavy atom. The number of para-hydroxylation sites is 4. The number of ether oxygens (including phenoxy) is 1. The van der Waals surface area contributed by atoms with E-state index in [2.05, 4.69) is 233 Å². The summed E-state index contributed by atoms with van der Waals surface area (Å²) in [6.45, 7) is 2.18. The number of rotatable bonds is 8. The molecule has 0 unspecified atom stereocenters. The van der Waals surface area contributed by atoms with Gasteiger partial charge in [0.2, 0.25) is 0 Å². The molecule has 13 rings (SSSR count). The first-order valence-electron chi connectivity index (χ1n) is 22.3. The van der Waals surface area contributed by atoms with Crippen LogP contribution >= 0.6 is 0 Å². The summed E-state index contributed by atoms with van der Waals surface area (Å²) in [5, 5.41) is 2.21. The van der Waals surface area contributed by atoms with Gasteiger partial charge in [-0.25, -0.2) is 4.98 Å². The first-order valence-corrected chi connectivity index (χ1v) is 22.3. The molecule has 9 aromatic carbocycles. The molecule has 5 nitrogen and oxygen atoms in total. The minimum absolute atomic E-state index is 0. The monoisotopic (exact) mass is 1040 g/mol. The molecule has 0 amide bonds. The van der Waals surface area contributed by atoms with Crippen LogP contribution in [0.5, 0.6) is 11.5 Å². The number of anilines is 4. The van der Waals surface area contributed by atoms with Gasteiger partial charge in [0, 0.05) is 78.4 Å². The van der Waals surface area contributed by atoms with E-state index in [1.807, 2.05) is 24.4 Å². The van der Waals surface area contributed by atoms with Crippen molar-refractivity contribution in [1.82, 2.24) is 9.55 Å². The van der Waals surface area contributed by atoms with Gasteiger partial charge >= 0.3 is 0 Å². The summed E-state index contributed by atoms with van der Waals surface area (Å²) in [5.74, 6) is 2.11. The smallest absolute Gasteiger partial charge is 0.135 e. The average Bonchev–Trinajstić information content (AvgIpc) is 4.05. The zero-order valence-electron chi connectivity index (χ0n) is 36.0. The third-order valence-electron chi connectivity index (χ3n) is 13.0. The third kappa shape index (κ3) is 6.85. The van der Waals surface area contributed by atoms with Crippen molar-refractivity contribution in [2.45, 2.75) is 5.92 Å². The molecule has 0 atom stereocenters. The van der Waals surface area contributed by atoms with Gasteiger partial charge in [0.05, 0.1) is 0 Å². The number of hydrogen-bond donors (Lipinski definition) is 0. The Kier molecular flexibility index (Phi) is 10.1. The fourth-order valence-electron chi connectivity index (χ4n) is 10.2. The Hall–Kier alpha value is -7.98. The van der Waals surface area contributed by atoms with Crippen molar-refractivity contribution in [1.29, 1.82) is 0 Å². The van der Waals surface area contributed by atoms with Crippen LogP contribution < -0.4 is 14.5 Å². The van der Waals surface area contributed by atoms with Gasteiger partial charge in [-0.05, 0) is 74.7 Å². The van der Waals surface area contributed by atoms with Crippen LogP contribution in [0.2, 0.25) is 0 Å². The molecule has 67 heavy (non-hydrogen) atoms. The summed E-state index contributed by atoms with van der Waals surface area (Å²) < 4.78 is 8.93. The predicted molar refractivity (Wildman–Crippen MR) is 268 cm³/mol. The summed E-state index contributed by atoms with van der Waals surface area (Å²) in [6, 6.07) is 84.3. The number of fused-ring (bicyclic) bond motifs is 7. The molecule has 0 saturated carbocycles. The number of hydrogen-bond acceptors (Lipinski definition) is 4. The van der Waals surface area contributed by atoms with Gasteiger partial charge in [-0.3, -0.25) is 0 Å². The van der Waals surface area contributed by atoms with E-state index < -0.39 is 0 Å². The second-order valence-electron chi connectivity index (χ2n) is 16.8. The summed E-state index contributed by atoms with van der Waals surface area (Å²) in [6.07, 6.45) is 1.94. The number of aromatic nitrogens is 2. The third-order valence-corrected chi connectivity index (χ3v) is 13.0. The molecule has 1 aliphatic carbocycles. The molecule has 0 saturated heterocycles. The summed E-state index contributed by atoms with van der Waals surface area (Å²) in [4.78, 5) is 9.52. The van der Waals surface area contributed by atoms with E-state index >= 15 is 0 Å². The minimum Gasteiger partial charge on any atom is -0.509 e. The van der Waals surface area contributed by atoms with Gasteiger partial charge in [-0.1, -0.05) is 163 Å². The van der Waals surface area contributed by atoms with Crippen molar-refractivity contribution in [3.63, 3.8) is 0 Å². The van der Waals surface area contributed by atoms with E-state index in [0.29, 0.717) is 11.5 Å². The molecule has 0 radical (unpaired) electrons. The SMILES string of the molecule is [Pt].[c-]1c(Oc2[c-]c3c(cc2)c2ccccc2n3-c2cc(C3c4ccccc4-c4ccccc43)ccn2)cccc1N1[CH-]N(c2c(-c3ccccc3)cccc2-c2ccccc2)c2ccccc21. The fraction of sp³-hybridized carbons (Fsp3) is 0.0164. The van der Waals surface area contributed by atoms with Gasteiger partial charge in [-0.15, -0.1) is 48.1 Å². The van der Waals surface area contributed by atoms with Gasteiger partial charge in [0.25, 0.3) is 0 Å². The molecule has 3 heterocycles. The van der Waals surface area contributed by atoms with E-state index in [1.165, 1.54) is 27.8 Å². The van der Waals surface area contributed by atoms with E-state index in [4.69, 9.17) is 9.72 Å². The van der Waals surface area contributed by atoms with Crippen LogP contribution in [0.4, 0.5) is 22.7 Å². The van der Waals surface area contributed by atoms with Crippen LogP contribution in [0.25, 0.3) is 61.0 Å². The topological polar surface area (TPSA) is 33.5 Å². The van der Waals surface area contributed by atoms with Crippen LogP contribution in [-0.4, -0.2) is 9.55 Å². The normalized spacial score (nSPS) is 12.8. The van der Waals surface area contributed by atoms with Gasteiger partial charge < -0.3 is 19.1 Å². The zero-order valence-corrected chi connectivity index (χ0v) is 38.3. The number of pyridine rings is 1. The Bertz CT molecular complexity index is 3540. The van der Waals surface area contributed by atoms with Crippen LogP contribution in [0, 0.1) is 18.8 Å². The second kappa shape index (κ2) is 16.8. The Morgan fingerprint density at radius 2 is 1.06 bits per heavy atom. The van der Waals surface area contributed by atoms with Crippen LogP contribution in [0.15, 0.2) is 225 Å². The molecule has 0 N–H and O–H groups in total. The van der Waals surface area contributed by atoms with E-state index in [0.717, 1.165) is 72.6 Å². The quantitative estimate of drug-likeness (QED) is 0.142. The number of nitrogens with zero attached hydrogens (tertiary/aromatic N) is 4. The largest absolute Gasteiger partial charge is 0.509 e. The Morgan fingerprint density at radius 1 is 0.478 bits per heavy atom. The maximum absolute atomic E-state index is 6.71. The van der Waals surface area contributed by atoms with Crippen molar-refractivity contribution >= 4 is 44.6 Å². The molecule has 11 aromatic rings. The summed E-state index contributed by atoms with van der Waals surface area (Å²) in [5.41, 5.74) is 17.0. The standard InChI is InChI=1S/C61H39N4O.Pt/c1-3-17-41(18-4-1)47-28-16-29-48(42-19-5-2-6-20-42)61(47)64-40-63(56-31-13-14-32-57(56)64)44-21-15-22-45(38-44)66-46-33-34-52-51-25-11-12-30-55(51)65(58(52)39-46)59-37-43(35-36-62-59)60-53-26-9-7-23-49(53)50-24-8-10-27-54(50)60;/h1-37,40,60H;/q-3;. The second-order valence-corrected chi connectivity index (χ2v) is 16.8. The number of benzene rings is 9. The maximum atomic E-state index is 6.71. The fourth-order valence-corrected chi connectivity index (χ4v) is 10.2. The average molecular weight is 1040 g/mol. The first-order chi connectivity index (χ1) is 32.7. The van der Waals surface area contributed by atoms with E-state index in [1.54, 1.807) is 0 Å². The van der Waals surface area contributed by atoms with Crippen molar-refractivity contribution < 1.29 is 25.8 Å². The van der Waals surface area contributed by atoms with Crippen molar-refractivity contribution in [3.8, 4) is 50.7 Å². The van der Waals surface area contributed by atoms with Crippen LogP contribution in [-0.2, 0) is 21.1 Å². The first kappa shape index (κ1) is 40.5. The summed E-state index contributed by atoms with van der Waals surface area (Å²) >= 11 is 0. The summed E-state index contributed by atoms with van der Waals surface area (Å²) in [7, 11) is 0. The van der Waals surface area contributed by atoms with Crippen molar-refractivity contribution in [2.75, 3.05) is 9.80 Å². The molecule has 0 spiro atoms. The van der Waals surface area contributed by atoms with Gasteiger partial charge in [0.15, 0.2) is 0 Å². The van der Waals surface area contributed by atoms with Gasteiger partial charge in [0.1, 0.15) is 5.82 Å². The Labute approximate surface area is 404 Å². The predicted octanol–water partition coefficient (Wildman–Crippen LogP) is 15.5. The van der Waals surface area contributed by atoms with Crippen LogP contribution in [0.1, 0.15) is 22.6 Å². The minimum atomic E-state index is 0. The molecular weight excluding hydrogens is 1000 g/mol. The van der Waals surface area contributed by atoms with E-state index in [-0.39, 0.29) is 27.0 Å². The molecular formula is C61H39N4OPt-3. The molecule has 2 aliphatic rings. The van der Waals surface area contributed by atoms with E-state index in [9.17, 15) is 0 Å². The molecule has 1 aliphatic heterocycles. The Balaban J connectivity index is 0.00000468. The van der Waals surface area contributed by atoms with Crippen molar-refractivity contribution in [2.24, 2.45) is 0 Å². The van der Waals surface area contributed by atoms with Crippen molar-refractivity contribution in [3.05, 3.63) is 260 Å².